The summed E-state index contributed by atoms with van der Waals surface area (Å²) in [5.74, 6) is 1.33. The van der Waals surface area contributed by atoms with E-state index in [2.05, 4.69) is 38.0 Å². The van der Waals surface area contributed by atoms with Gasteiger partial charge in [-0.1, -0.05) is 28.1 Å². The molecule has 2 aromatic carbocycles. The van der Waals surface area contributed by atoms with Crippen molar-refractivity contribution in [2.24, 2.45) is 0 Å². The third kappa shape index (κ3) is 2.74. The highest BCUT2D eigenvalue weighted by molar-refractivity contribution is 9.10. The highest BCUT2D eigenvalue weighted by Crippen LogP contribution is 2.26. The fourth-order valence-corrected chi connectivity index (χ4v) is 2.24. The molecule has 0 radical (unpaired) electrons. The molecule has 0 aliphatic heterocycles. The van der Waals surface area contributed by atoms with Crippen LogP contribution >= 0.6 is 15.9 Å². The van der Waals surface area contributed by atoms with Crippen LogP contribution in [-0.4, -0.2) is 9.97 Å². The molecule has 3 nitrogen and oxygen atoms in total. The maximum atomic E-state index is 5.73. The van der Waals surface area contributed by atoms with E-state index in [-0.39, 0.29) is 0 Å². The number of aromatic nitrogens is 2. The van der Waals surface area contributed by atoms with Crippen LogP contribution in [0.1, 0.15) is 5.69 Å². The molecule has 0 amide bonds. The zero-order valence-corrected chi connectivity index (χ0v) is 11.9. The molecule has 19 heavy (non-hydrogen) atoms. The van der Waals surface area contributed by atoms with Crippen molar-refractivity contribution in [3.63, 3.8) is 0 Å². The molecule has 0 aliphatic carbocycles. The molecule has 0 N–H and O–H groups in total. The van der Waals surface area contributed by atoms with Crippen LogP contribution in [0.2, 0.25) is 0 Å². The summed E-state index contributed by atoms with van der Waals surface area (Å²) in [5, 5.41) is 2.30. The van der Waals surface area contributed by atoms with E-state index in [4.69, 9.17) is 4.74 Å². The molecule has 1 aromatic heterocycles. The summed E-state index contributed by atoms with van der Waals surface area (Å²) in [6.07, 6.45) is 1.50. The number of nitrogens with zero attached hydrogens (tertiary/aromatic N) is 2. The van der Waals surface area contributed by atoms with Gasteiger partial charge in [0.1, 0.15) is 12.1 Å². The lowest BCUT2D eigenvalue weighted by Crippen LogP contribution is -1.90. The highest BCUT2D eigenvalue weighted by atomic mass is 79.9. The molecule has 0 fully saturated rings. The van der Waals surface area contributed by atoms with Crippen LogP contribution in [0.3, 0.4) is 0 Å². The number of hydrogen-bond acceptors (Lipinski definition) is 3. The second-order valence-corrected chi connectivity index (χ2v) is 5.17. The number of benzene rings is 2. The molecule has 0 saturated carbocycles. The first-order chi connectivity index (χ1) is 9.20. The Hall–Kier alpha value is -1.94. The Morgan fingerprint density at radius 3 is 2.58 bits per heavy atom. The zero-order valence-electron chi connectivity index (χ0n) is 10.3. The van der Waals surface area contributed by atoms with Gasteiger partial charge in [-0.15, -0.1) is 0 Å². The minimum absolute atomic E-state index is 0.559. The van der Waals surface area contributed by atoms with E-state index in [1.807, 2.05) is 37.3 Å². The van der Waals surface area contributed by atoms with Crippen LogP contribution in [-0.2, 0) is 0 Å². The van der Waals surface area contributed by atoms with Gasteiger partial charge in [0, 0.05) is 16.2 Å². The van der Waals surface area contributed by atoms with Crippen LogP contribution in [0.25, 0.3) is 10.8 Å². The zero-order chi connectivity index (χ0) is 13.2. The number of ether oxygens (including phenoxy) is 1. The van der Waals surface area contributed by atoms with Crippen molar-refractivity contribution < 1.29 is 4.74 Å². The monoisotopic (exact) mass is 314 g/mol. The molecule has 1 heterocycles. The fourth-order valence-electron chi connectivity index (χ4n) is 1.86. The molecule has 94 valence electrons. The van der Waals surface area contributed by atoms with Gasteiger partial charge in [-0.25, -0.2) is 9.97 Å². The number of hydrogen-bond donors (Lipinski definition) is 0. The van der Waals surface area contributed by atoms with Crippen molar-refractivity contribution in [2.75, 3.05) is 0 Å². The number of fused-ring (bicyclic) bond motifs is 1. The van der Waals surface area contributed by atoms with Crippen molar-refractivity contribution in [2.45, 2.75) is 6.92 Å². The maximum absolute atomic E-state index is 5.73. The SMILES string of the molecule is Cc1cc(Oc2ccc3cc(Br)ccc3c2)ncn1. The second-order valence-electron chi connectivity index (χ2n) is 4.25. The molecule has 0 saturated heterocycles. The van der Waals surface area contributed by atoms with Crippen molar-refractivity contribution >= 4 is 26.7 Å². The molecule has 3 rings (SSSR count). The highest BCUT2D eigenvalue weighted by Gasteiger charge is 2.01. The van der Waals surface area contributed by atoms with Gasteiger partial charge in [0.15, 0.2) is 0 Å². The minimum Gasteiger partial charge on any atom is -0.439 e. The number of rotatable bonds is 2. The molecule has 0 bridgehead atoms. The fraction of sp³-hybridized carbons (Fsp3) is 0.0667. The van der Waals surface area contributed by atoms with E-state index in [1.165, 1.54) is 11.7 Å². The van der Waals surface area contributed by atoms with E-state index < -0.39 is 0 Å². The lowest BCUT2D eigenvalue weighted by Gasteiger charge is -2.06. The maximum Gasteiger partial charge on any atom is 0.222 e. The molecule has 0 aliphatic rings. The third-order valence-electron chi connectivity index (χ3n) is 2.77. The van der Waals surface area contributed by atoms with E-state index in [9.17, 15) is 0 Å². The first-order valence-corrected chi connectivity index (χ1v) is 6.66. The van der Waals surface area contributed by atoms with Crippen molar-refractivity contribution in [1.82, 2.24) is 9.97 Å². The first kappa shape index (κ1) is 12.1. The molecule has 4 heteroatoms. The predicted octanol–water partition coefficient (Wildman–Crippen LogP) is 4.49. The van der Waals surface area contributed by atoms with E-state index in [1.54, 1.807) is 0 Å². The van der Waals surface area contributed by atoms with Crippen LogP contribution in [0.15, 0.2) is 53.3 Å². The Morgan fingerprint density at radius 2 is 1.74 bits per heavy atom. The Balaban J connectivity index is 1.95. The molecule has 0 spiro atoms. The standard InChI is InChI=1S/C15H11BrN2O/c1-10-6-15(18-9-17-10)19-14-5-3-11-7-13(16)4-2-12(11)8-14/h2-9H,1H3. The van der Waals surface area contributed by atoms with Gasteiger partial charge in [-0.2, -0.15) is 0 Å². The van der Waals surface area contributed by atoms with Gasteiger partial charge in [0.25, 0.3) is 0 Å². The second kappa shape index (κ2) is 4.97. The van der Waals surface area contributed by atoms with Gasteiger partial charge >= 0.3 is 0 Å². The van der Waals surface area contributed by atoms with Gasteiger partial charge in [-0.3, -0.25) is 0 Å². The van der Waals surface area contributed by atoms with Crippen LogP contribution in [0, 0.1) is 6.92 Å². The van der Waals surface area contributed by atoms with E-state index in [0.717, 1.165) is 21.3 Å². The normalized spacial score (nSPS) is 10.6. The predicted molar refractivity (Wildman–Crippen MR) is 78.5 cm³/mol. The summed E-state index contributed by atoms with van der Waals surface area (Å²) in [6, 6.07) is 13.9. The Kier molecular flexibility index (Phi) is 3.17. The lowest BCUT2D eigenvalue weighted by molar-refractivity contribution is 0.461. The summed E-state index contributed by atoms with van der Waals surface area (Å²) < 4.78 is 6.80. The van der Waals surface area contributed by atoms with E-state index >= 15 is 0 Å². The van der Waals surface area contributed by atoms with Gasteiger partial charge in [-0.05, 0) is 42.0 Å². The number of aryl methyl sites for hydroxylation is 1. The quantitative estimate of drug-likeness (QED) is 0.699. The van der Waals surface area contributed by atoms with Gasteiger partial charge in [0.05, 0.1) is 0 Å². The first-order valence-electron chi connectivity index (χ1n) is 5.86. The molecule has 0 atom stereocenters. The molecular formula is C15H11BrN2O. The summed E-state index contributed by atoms with van der Waals surface area (Å²) in [5.41, 5.74) is 0.884. The third-order valence-corrected chi connectivity index (χ3v) is 3.27. The molecule has 3 aromatic rings. The largest absolute Gasteiger partial charge is 0.439 e. The molecule has 0 unspecified atom stereocenters. The smallest absolute Gasteiger partial charge is 0.222 e. The average Bonchev–Trinajstić information content (AvgIpc) is 2.39. The van der Waals surface area contributed by atoms with Crippen LogP contribution < -0.4 is 4.74 Å². The topological polar surface area (TPSA) is 35.0 Å². The van der Waals surface area contributed by atoms with Crippen molar-refractivity contribution in [3.05, 3.63) is 59.0 Å². The van der Waals surface area contributed by atoms with Gasteiger partial charge in [0.2, 0.25) is 5.88 Å². The van der Waals surface area contributed by atoms with Crippen LogP contribution in [0.5, 0.6) is 11.6 Å². The molecular weight excluding hydrogens is 304 g/mol. The number of halogens is 1. The lowest BCUT2D eigenvalue weighted by atomic mass is 10.1. The van der Waals surface area contributed by atoms with Crippen LogP contribution in [0.4, 0.5) is 0 Å². The summed E-state index contributed by atoms with van der Waals surface area (Å²) >= 11 is 3.46. The summed E-state index contributed by atoms with van der Waals surface area (Å²) in [4.78, 5) is 8.13. The minimum atomic E-state index is 0.559. The summed E-state index contributed by atoms with van der Waals surface area (Å²) in [6.45, 7) is 1.91. The van der Waals surface area contributed by atoms with E-state index in [0.29, 0.717) is 5.88 Å². The Morgan fingerprint density at radius 1 is 0.947 bits per heavy atom. The van der Waals surface area contributed by atoms with Gasteiger partial charge < -0.3 is 4.74 Å². The van der Waals surface area contributed by atoms with Crippen molar-refractivity contribution in [3.8, 4) is 11.6 Å². The Labute approximate surface area is 119 Å². The average molecular weight is 315 g/mol. The Bertz CT molecular complexity index is 743. The summed E-state index contributed by atoms with van der Waals surface area (Å²) in [7, 11) is 0. The van der Waals surface area contributed by atoms with Crippen molar-refractivity contribution in [1.29, 1.82) is 0 Å².